The van der Waals surface area contributed by atoms with E-state index in [0.29, 0.717) is 10.0 Å². The number of rotatable bonds is 2. The number of halogens is 3. The zero-order valence-electron chi connectivity index (χ0n) is 8.78. The third-order valence-electron chi connectivity index (χ3n) is 2.04. The summed E-state index contributed by atoms with van der Waals surface area (Å²) in [5.41, 5.74) is 1.32. The van der Waals surface area contributed by atoms with Crippen LogP contribution < -0.4 is 5.32 Å². The second-order valence-corrected chi connectivity index (χ2v) is 4.77. The van der Waals surface area contributed by atoms with Crippen molar-refractivity contribution in [3.8, 4) is 6.07 Å². The van der Waals surface area contributed by atoms with Crippen LogP contribution in [-0.4, -0.2) is 9.97 Å². The molecule has 0 aliphatic heterocycles. The van der Waals surface area contributed by atoms with Gasteiger partial charge in [0.15, 0.2) is 0 Å². The minimum absolute atomic E-state index is 0.228. The summed E-state index contributed by atoms with van der Waals surface area (Å²) >= 11 is 14.9. The van der Waals surface area contributed by atoms with Crippen molar-refractivity contribution in [3.05, 3.63) is 44.6 Å². The highest BCUT2D eigenvalue weighted by Crippen LogP contribution is 2.28. The molecule has 0 saturated carbocycles. The maximum Gasteiger partial charge on any atom is 0.230 e. The highest BCUT2D eigenvalue weighted by atomic mass is 79.9. The number of hydrogen-bond acceptors (Lipinski definition) is 4. The van der Waals surface area contributed by atoms with E-state index in [0.717, 1.165) is 5.69 Å². The zero-order valence-corrected chi connectivity index (χ0v) is 11.9. The first kappa shape index (κ1) is 13.1. The molecular weight excluding hydrogens is 339 g/mol. The topological polar surface area (TPSA) is 61.6 Å². The summed E-state index contributed by atoms with van der Waals surface area (Å²) in [4.78, 5) is 8.04. The lowest BCUT2D eigenvalue weighted by molar-refractivity contribution is 1.15. The van der Waals surface area contributed by atoms with E-state index in [1.807, 2.05) is 6.07 Å². The molecule has 0 fully saturated rings. The maximum absolute atomic E-state index is 8.69. The molecule has 4 nitrogen and oxygen atoms in total. The van der Waals surface area contributed by atoms with Crippen molar-refractivity contribution in [1.82, 2.24) is 9.97 Å². The van der Waals surface area contributed by atoms with Crippen LogP contribution in [0.3, 0.4) is 0 Å². The molecule has 7 heteroatoms. The lowest BCUT2D eigenvalue weighted by atomic mass is 10.2. The molecule has 18 heavy (non-hydrogen) atoms. The van der Waals surface area contributed by atoms with E-state index in [4.69, 9.17) is 28.5 Å². The van der Waals surface area contributed by atoms with Gasteiger partial charge < -0.3 is 5.32 Å². The number of hydrogen-bond donors (Lipinski definition) is 1. The molecule has 0 spiro atoms. The lowest BCUT2D eigenvalue weighted by Crippen LogP contribution is -1.98. The Kier molecular flexibility index (Phi) is 4.02. The number of nitriles is 1. The molecule has 0 saturated heterocycles. The molecule has 1 heterocycles. The number of anilines is 2. The fraction of sp³-hybridized carbons (Fsp3) is 0. The maximum atomic E-state index is 8.69. The van der Waals surface area contributed by atoms with Crippen molar-refractivity contribution in [3.63, 3.8) is 0 Å². The van der Waals surface area contributed by atoms with Crippen LogP contribution in [0, 0.1) is 11.3 Å². The number of benzene rings is 1. The van der Waals surface area contributed by atoms with E-state index < -0.39 is 0 Å². The smallest absolute Gasteiger partial charge is 0.230 e. The zero-order chi connectivity index (χ0) is 13.1. The van der Waals surface area contributed by atoms with Crippen molar-refractivity contribution in [1.29, 1.82) is 5.26 Å². The number of nitrogens with zero attached hydrogens (tertiary/aromatic N) is 3. The summed E-state index contributed by atoms with van der Waals surface area (Å²) in [7, 11) is 0. The average Bonchev–Trinajstić information content (AvgIpc) is 2.37. The van der Waals surface area contributed by atoms with Crippen LogP contribution in [0.4, 0.5) is 11.6 Å². The standard InChI is InChI=1S/C11H5BrCl2N4/c12-8-9(13)17-11(18-10(8)14)16-7-3-1-6(5-15)2-4-7/h1-4H,(H,16,17,18). The van der Waals surface area contributed by atoms with Gasteiger partial charge in [0.1, 0.15) is 10.3 Å². The van der Waals surface area contributed by atoms with Gasteiger partial charge in [-0.1, -0.05) is 23.2 Å². The van der Waals surface area contributed by atoms with E-state index in [2.05, 4.69) is 31.2 Å². The predicted molar refractivity (Wildman–Crippen MR) is 74.2 cm³/mol. The fourth-order valence-corrected chi connectivity index (χ4v) is 1.77. The Morgan fingerprint density at radius 3 is 2.17 bits per heavy atom. The average molecular weight is 344 g/mol. The van der Waals surface area contributed by atoms with Crippen molar-refractivity contribution in [2.75, 3.05) is 5.32 Å². The summed E-state index contributed by atoms with van der Waals surface area (Å²) < 4.78 is 0.455. The summed E-state index contributed by atoms with van der Waals surface area (Å²) in [6, 6.07) is 8.89. The number of aromatic nitrogens is 2. The number of nitrogens with one attached hydrogen (secondary N) is 1. The largest absolute Gasteiger partial charge is 0.324 e. The molecule has 1 aromatic heterocycles. The second kappa shape index (κ2) is 5.53. The molecule has 0 aliphatic rings. The van der Waals surface area contributed by atoms with E-state index >= 15 is 0 Å². The van der Waals surface area contributed by atoms with Crippen LogP contribution in [0.15, 0.2) is 28.7 Å². The quantitative estimate of drug-likeness (QED) is 0.831. The van der Waals surface area contributed by atoms with Gasteiger partial charge in [0, 0.05) is 5.69 Å². The monoisotopic (exact) mass is 342 g/mol. The van der Waals surface area contributed by atoms with E-state index in [9.17, 15) is 0 Å². The molecule has 1 aromatic carbocycles. The molecular formula is C11H5BrCl2N4. The van der Waals surface area contributed by atoms with Crippen LogP contribution in [0.25, 0.3) is 0 Å². The highest BCUT2D eigenvalue weighted by molar-refractivity contribution is 9.10. The second-order valence-electron chi connectivity index (χ2n) is 3.26. The Bertz CT molecular complexity index is 599. The molecule has 0 radical (unpaired) electrons. The highest BCUT2D eigenvalue weighted by Gasteiger charge is 2.08. The van der Waals surface area contributed by atoms with Gasteiger partial charge in [-0.25, -0.2) is 0 Å². The van der Waals surface area contributed by atoms with Crippen LogP contribution in [0.2, 0.25) is 10.3 Å². The predicted octanol–water partition coefficient (Wildman–Crippen LogP) is 4.16. The van der Waals surface area contributed by atoms with Crippen LogP contribution in [0.1, 0.15) is 5.56 Å². The molecule has 2 rings (SSSR count). The minimum atomic E-state index is 0.228. The third-order valence-corrected chi connectivity index (χ3v) is 3.80. The molecule has 0 atom stereocenters. The molecule has 0 aliphatic carbocycles. The van der Waals surface area contributed by atoms with Crippen molar-refractivity contribution >= 4 is 50.8 Å². The van der Waals surface area contributed by atoms with Gasteiger partial charge in [0.05, 0.1) is 16.1 Å². The van der Waals surface area contributed by atoms with Crippen molar-refractivity contribution < 1.29 is 0 Å². The van der Waals surface area contributed by atoms with Crippen LogP contribution >= 0.6 is 39.1 Å². The fourth-order valence-electron chi connectivity index (χ4n) is 1.21. The molecule has 1 N–H and O–H groups in total. The molecule has 0 bridgehead atoms. The van der Waals surface area contributed by atoms with Gasteiger partial charge in [-0.3, -0.25) is 0 Å². The molecule has 90 valence electrons. The Hall–Kier alpha value is -1.35. The first-order chi connectivity index (χ1) is 8.60. The molecule has 2 aromatic rings. The molecule has 0 unspecified atom stereocenters. The lowest BCUT2D eigenvalue weighted by Gasteiger charge is -2.06. The van der Waals surface area contributed by atoms with Gasteiger partial charge in [-0.2, -0.15) is 15.2 Å². The van der Waals surface area contributed by atoms with Gasteiger partial charge in [-0.15, -0.1) is 0 Å². The van der Waals surface area contributed by atoms with E-state index in [-0.39, 0.29) is 16.3 Å². The first-order valence-electron chi connectivity index (χ1n) is 4.76. The van der Waals surface area contributed by atoms with Crippen LogP contribution in [-0.2, 0) is 0 Å². The summed E-state index contributed by atoms with van der Waals surface area (Å²) in [6.45, 7) is 0. The summed E-state index contributed by atoms with van der Waals surface area (Å²) in [5, 5.41) is 12.1. The SMILES string of the molecule is N#Cc1ccc(Nc2nc(Cl)c(Br)c(Cl)n2)cc1. The first-order valence-corrected chi connectivity index (χ1v) is 6.31. The summed E-state index contributed by atoms with van der Waals surface area (Å²) in [5.74, 6) is 0.290. The third kappa shape index (κ3) is 2.91. The van der Waals surface area contributed by atoms with Gasteiger partial charge >= 0.3 is 0 Å². The Morgan fingerprint density at radius 2 is 1.67 bits per heavy atom. The normalized spacial score (nSPS) is 9.89. The Labute approximate surface area is 122 Å². The van der Waals surface area contributed by atoms with E-state index in [1.54, 1.807) is 24.3 Å². The van der Waals surface area contributed by atoms with Gasteiger partial charge in [0.2, 0.25) is 5.95 Å². The van der Waals surface area contributed by atoms with Gasteiger partial charge in [-0.05, 0) is 40.2 Å². The van der Waals surface area contributed by atoms with Crippen LogP contribution in [0.5, 0.6) is 0 Å². The van der Waals surface area contributed by atoms with Crippen molar-refractivity contribution in [2.24, 2.45) is 0 Å². The minimum Gasteiger partial charge on any atom is -0.324 e. The van der Waals surface area contributed by atoms with E-state index in [1.165, 1.54) is 0 Å². The molecule has 0 amide bonds. The summed E-state index contributed by atoms with van der Waals surface area (Å²) in [6.07, 6.45) is 0. The Balaban J connectivity index is 2.26. The Morgan fingerprint density at radius 1 is 1.11 bits per heavy atom. The van der Waals surface area contributed by atoms with Crippen molar-refractivity contribution in [2.45, 2.75) is 0 Å². The van der Waals surface area contributed by atoms with Gasteiger partial charge in [0.25, 0.3) is 0 Å².